The third-order valence-corrected chi connectivity index (χ3v) is 2.72. The van der Waals surface area contributed by atoms with E-state index in [4.69, 9.17) is 9.47 Å². The summed E-state index contributed by atoms with van der Waals surface area (Å²) in [6, 6.07) is 0. The lowest BCUT2D eigenvalue weighted by Gasteiger charge is -2.37. The van der Waals surface area contributed by atoms with Crippen LogP contribution in [0.3, 0.4) is 0 Å². The Balaban J connectivity index is 2.91. The fourth-order valence-electron chi connectivity index (χ4n) is 2.10. The summed E-state index contributed by atoms with van der Waals surface area (Å²) in [6.45, 7) is 9.41. The number of ether oxygens (including phenoxy) is 2. The molecule has 0 radical (unpaired) electrons. The first kappa shape index (κ1) is 12.3. The van der Waals surface area contributed by atoms with Crippen LogP contribution in [0.15, 0.2) is 24.0 Å². The molecule has 86 valence electrons. The van der Waals surface area contributed by atoms with E-state index < -0.39 is 0 Å². The van der Waals surface area contributed by atoms with Gasteiger partial charge in [-0.05, 0) is 18.4 Å². The van der Waals surface area contributed by atoms with Crippen molar-refractivity contribution in [2.75, 3.05) is 13.7 Å². The van der Waals surface area contributed by atoms with Crippen molar-refractivity contribution >= 4 is 0 Å². The molecule has 0 fully saturated rings. The van der Waals surface area contributed by atoms with E-state index >= 15 is 0 Å². The minimum absolute atomic E-state index is 0.134. The molecule has 0 saturated carbocycles. The van der Waals surface area contributed by atoms with E-state index in [2.05, 4.69) is 26.8 Å². The monoisotopic (exact) mass is 210 g/mol. The highest BCUT2D eigenvalue weighted by Gasteiger charge is 2.36. The second-order valence-electron chi connectivity index (χ2n) is 4.92. The molecule has 0 aliphatic heterocycles. The maximum Gasteiger partial charge on any atom is 0.102 e. The van der Waals surface area contributed by atoms with Crippen LogP contribution >= 0.6 is 0 Å². The van der Waals surface area contributed by atoms with Crippen LogP contribution in [-0.2, 0) is 9.47 Å². The van der Waals surface area contributed by atoms with Gasteiger partial charge in [0, 0.05) is 6.61 Å². The molecule has 2 unspecified atom stereocenters. The van der Waals surface area contributed by atoms with Crippen molar-refractivity contribution in [2.24, 2.45) is 11.3 Å². The fourth-order valence-corrected chi connectivity index (χ4v) is 2.10. The topological polar surface area (TPSA) is 18.5 Å². The van der Waals surface area contributed by atoms with Crippen molar-refractivity contribution in [3.63, 3.8) is 0 Å². The second kappa shape index (κ2) is 4.84. The number of hydrogen-bond donors (Lipinski definition) is 0. The molecule has 0 bridgehead atoms. The third-order valence-electron chi connectivity index (χ3n) is 2.72. The molecule has 2 nitrogen and oxygen atoms in total. The van der Waals surface area contributed by atoms with Crippen LogP contribution in [0.25, 0.3) is 0 Å². The van der Waals surface area contributed by atoms with Gasteiger partial charge in [0.15, 0.2) is 0 Å². The average Bonchev–Trinajstić information content (AvgIpc) is 2.16. The fraction of sp³-hybridized carbons (Fsp3) is 0.692. The molecule has 2 atom stereocenters. The molecule has 1 rings (SSSR count). The highest BCUT2D eigenvalue weighted by atomic mass is 16.5. The molecule has 1 aliphatic rings. The van der Waals surface area contributed by atoms with Crippen LogP contribution < -0.4 is 0 Å². The van der Waals surface area contributed by atoms with Gasteiger partial charge in [-0.15, -0.1) is 0 Å². The van der Waals surface area contributed by atoms with Crippen molar-refractivity contribution in [3.8, 4) is 0 Å². The molecule has 0 N–H and O–H groups in total. The van der Waals surface area contributed by atoms with Gasteiger partial charge in [-0.3, -0.25) is 0 Å². The van der Waals surface area contributed by atoms with Crippen LogP contribution in [0.2, 0.25) is 0 Å². The first-order chi connectivity index (χ1) is 7.00. The summed E-state index contributed by atoms with van der Waals surface area (Å²) in [4.78, 5) is 0. The van der Waals surface area contributed by atoms with Gasteiger partial charge in [-0.1, -0.05) is 32.9 Å². The first-order valence-electron chi connectivity index (χ1n) is 5.54. The predicted molar refractivity (Wildman–Crippen MR) is 62.6 cm³/mol. The standard InChI is InChI=1S/C13H22O2/c1-6-15-11-9-7-8-10(14-5)12(11)13(2,3)4/h7-9,11-12H,6H2,1-5H3. The minimum atomic E-state index is 0.134. The Kier molecular flexibility index (Phi) is 3.97. The summed E-state index contributed by atoms with van der Waals surface area (Å²) < 4.78 is 11.2. The van der Waals surface area contributed by atoms with E-state index in [1.165, 1.54) is 0 Å². The van der Waals surface area contributed by atoms with Gasteiger partial charge < -0.3 is 9.47 Å². The smallest absolute Gasteiger partial charge is 0.102 e. The van der Waals surface area contributed by atoms with Gasteiger partial charge in [0.2, 0.25) is 0 Å². The summed E-state index contributed by atoms with van der Waals surface area (Å²) in [5.74, 6) is 1.32. The van der Waals surface area contributed by atoms with Crippen molar-refractivity contribution in [1.29, 1.82) is 0 Å². The number of methoxy groups -OCH3 is 1. The molecule has 1 aliphatic carbocycles. The van der Waals surface area contributed by atoms with Crippen molar-refractivity contribution in [1.82, 2.24) is 0 Å². The number of hydrogen-bond acceptors (Lipinski definition) is 2. The minimum Gasteiger partial charge on any atom is -0.501 e. The number of rotatable bonds is 3. The summed E-state index contributed by atoms with van der Waals surface area (Å²) in [5, 5.41) is 0. The van der Waals surface area contributed by atoms with Gasteiger partial charge in [0.05, 0.1) is 19.1 Å². The second-order valence-corrected chi connectivity index (χ2v) is 4.92. The molecule has 0 aromatic heterocycles. The van der Waals surface area contributed by atoms with Gasteiger partial charge in [-0.2, -0.15) is 0 Å². The van der Waals surface area contributed by atoms with Crippen LogP contribution in [0.5, 0.6) is 0 Å². The lowest BCUT2D eigenvalue weighted by Crippen LogP contribution is -2.36. The Morgan fingerprint density at radius 2 is 2.00 bits per heavy atom. The van der Waals surface area contributed by atoms with Gasteiger partial charge >= 0.3 is 0 Å². The summed E-state index contributed by atoms with van der Waals surface area (Å²) in [6.07, 6.45) is 6.30. The highest BCUT2D eigenvalue weighted by molar-refractivity contribution is 5.22. The third kappa shape index (κ3) is 2.85. The van der Waals surface area contributed by atoms with Crippen LogP contribution in [0.1, 0.15) is 27.7 Å². The van der Waals surface area contributed by atoms with Crippen LogP contribution in [0.4, 0.5) is 0 Å². The Labute approximate surface area is 93.0 Å². The quantitative estimate of drug-likeness (QED) is 0.712. The zero-order valence-electron chi connectivity index (χ0n) is 10.4. The summed E-state index contributed by atoms with van der Waals surface area (Å²) in [5.41, 5.74) is 0.145. The summed E-state index contributed by atoms with van der Waals surface area (Å²) >= 11 is 0. The van der Waals surface area contributed by atoms with Crippen molar-refractivity contribution in [3.05, 3.63) is 24.0 Å². The molecular weight excluding hydrogens is 188 g/mol. The zero-order chi connectivity index (χ0) is 11.5. The van der Waals surface area contributed by atoms with E-state index in [1.807, 2.05) is 19.1 Å². The zero-order valence-corrected chi connectivity index (χ0v) is 10.4. The molecule has 0 heterocycles. The molecule has 0 amide bonds. The van der Waals surface area contributed by atoms with E-state index in [0.717, 1.165) is 12.4 Å². The molecule has 0 saturated heterocycles. The molecule has 15 heavy (non-hydrogen) atoms. The van der Waals surface area contributed by atoms with E-state index in [0.29, 0.717) is 5.92 Å². The first-order valence-corrected chi connectivity index (χ1v) is 5.54. The Hall–Kier alpha value is -0.760. The molecular formula is C13H22O2. The Morgan fingerprint density at radius 1 is 1.33 bits per heavy atom. The lowest BCUT2D eigenvalue weighted by atomic mass is 9.74. The average molecular weight is 210 g/mol. The van der Waals surface area contributed by atoms with Gasteiger partial charge in [0.1, 0.15) is 5.76 Å². The largest absolute Gasteiger partial charge is 0.501 e. The van der Waals surface area contributed by atoms with Crippen molar-refractivity contribution < 1.29 is 9.47 Å². The molecule has 2 heteroatoms. The van der Waals surface area contributed by atoms with Gasteiger partial charge in [0.25, 0.3) is 0 Å². The van der Waals surface area contributed by atoms with Crippen molar-refractivity contribution in [2.45, 2.75) is 33.8 Å². The maximum atomic E-state index is 5.75. The van der Waals surface area contributed by atoms with Crippen LogP contribution in [0, 0.1) is 11.3 Å². The normalized spacial score (nSPS) is 26.3. The Morgan fingerprint density at radius 3 is 2.47 bits per heavy atom. The summed E-state index contributed by atoms with van der Waals surface area (Å²) in [7, 11) is 1.73. The maximum absolute atomic E-state index is 5.75. The van der Waals surface area contributed by atoms with E-state index in [-0.39, 0.29) is 11.5 Å². The highest BCUT2D eigenvalue weighted by Crippen LogP contribution is 2.38. The molecule has 0 aromatic carbocycles. The predicted octanol–water partition coefficient (Wildman–Crippen LogP) is 3.15. The Bertz CT molecular complexity index is 258. The van der Waals surface area contributed by atoms with E-state index in [9.17, 15) is 0 Å². The van der Waals surface area contributed by atoms with Gasteiger partial charge in [-0.25, -0.2) is 0 Å². The van der Waals surface area contributed by atoms with Crippen LogP contribution in [-0.4, -0.2) is 19.8 Å². The molecule has 0 spiro atoms. The van der Waals surface area contributed by atoms with E-state index in [1.54, 1.807) is 7.11 Å². The SMILES string of the molecule is CCOC1C=CC=C(OC)C1C(C)(C)C. The lowest BCUT2D eigenvalue weighted by molar-refractivity contribution is 0.00294. The number of allylic oxidation sites excluding steroid dienone is 2. The molecule has 0 aromatic rings.